The van der Waals surface area contributed by atoms with Crippen molar-refractivity contribution in [3.8, 4) is 11.3 Å². The van der Waals surface area contributed by atoms with Crippen LogP contribution in [0.25, 0.3) is 11.3 Å². The second-order valence-electron chi connectivity index (χ2n) is 5.98. The first-order chi connectivity index (χ1) is 12.2. The van der Waals surface area contributed by atoms with Crippen LogP contribution in [0.2, 0.25) is 0 Å². The Labute approximate surface area is 148 Å². The summed E-state index contributed by atoms with van der Waals surface area (Å²) in [5.74, 6) is 1.71. The van der Waals surface area contributed by atoms with Gasteiger partial charge in [-0.05, 0) is 17.7 Å². The lowest BCUT2D eigenvalue weighted by molar-refractivity contribution is 0.461. The number of H-pyrrole nitrogens is 1. The molecule has 0 saturated heterocycles. The van der Waals surface area contributed by atoms with Crippen molar-refractivity contribution in [2.75, 3.05) is 14.1 Å². The fraction of sp³-hybridized carbons (Fsp3) is 0.263. The molecule has 25 heavy (non-hydrogen) atoms. The number of aromatic amines is 1. The van der Waals surface area contributed by atoms with E-state index in [0.717, 1.165) is 29.6 Å². The van der Waals surface area contributed by atoms with Crippen LogP contribution in [0, 0.1) is 0 Å². The fourth-order valence-corrected chi connectivity index (χ4v) is 2.74. The molecule has 0 aliphatic heterocycles. The lowest BCUT2D eigenvalue weighted by Crippen LogP contribution is -2.38. The summed E-state index contributed by atoms with van der Waals surface area (Å²) in [7, 11) is 5.87. The van der Waals surface area contributed by atoms with Crippen molar-refractivity contribution >= 4 is 5.96 Å². The average molecular weight is 336 g/mol. The monoisotopic (exact) mass is 336 g/mol. The zero-order valence-electron chi connectivity index (χ0n) is 14.9. The minimum absolute atomic E-state index is 0.594. The molecule has 0 aliphatic carbocycles. The number of hydrogen-bond donors (Lipinski definition) is 2. The second kappa shape index (κ2) is 7.70. The van der Waals surface area contributed by atoms with Crippen LogP contribution < -0.4 is 5.32 Å². The maximum atomic E-state index is 4.45. The lowest BCUT2D eigenvalue weighted by Gasteiger charge is -2.22. The Kier molecular flexibility index (Phi) is 5.18. The van der Waals surface area contributed by atoms with Crippen LogP contribution >= 0.6 is 0 Å². The third-order valence-electron chi connectivity index (χ3n) is 4.15. The highest BCUT2D eigenvalue weighted by atomic mass is 15.3. The second-order valence-corrected chi connectivity index (χ2v) is 5.98. The van der Waals surface area contributed by atoms with E-state index in [9.17, 15) is 0 Å². The number of rotatable bonds is 5. The molecule has 0 atom stereocenters. The Morgan fingerprint density at radius 1 is 1.24 bits per heavy atom. The van der Waals surface area contributed by atoms with Crippen LogP contribution in [-0.4, -0.2) is 39.5 Å². The highest BCUT2D eigenvalue weighted by Crippen LogP contribution is 2.15. The molecule has 2 aromatic heterocycles. The predicted molar refractivity (Wildman–Crippen MR) is 101 cm³/mol. The Balaban J connectivity index is 1.60. The Morgan fingerprint density at radius 2 is 2.04 bits per heavy atom. The molecular weight excluding hydrogens is 312 g/mol. The molecule has 0 unspecified atom stereocenters. The molecular formula is C19H24N6. The Hall–Kier alpha value is -3.02. The molecule has 2 heterocycles. The number of benzene rings is 1. The maximum Gasteiger partial charge on any atom is 0.194 e. The van der Waals surface area contributed by atoms with Crippen LogP contribution in [0.4, 0.5) is 0 Å². The van der Waals surface area contributed by atoms with Gasteiger partial charge < -0.3 is 19.8 Å². The molecule has 0 aliphatic rings. The van der Waals surface area contributed by atoms with Crippen molar-refractivity contribution in [2.45, 2.75) is 13.1 Å². The van der Waals surface area contributed by atoms with Gasteiger partial charge in [0, 0.05) is 33.0 Å². The SMILES string of the molecule is CN=C(NCc1ncc(-c2ccccc2)[nH]1)N(C)Cc1cccn1C. The van der Waals surface area contributed by atoms with E-state index in [-0.39, 0.29) is 0 Å². The summed E-state index contributed by atoms with van der Waals surface area (Å²) >= 11 is 0. The smallest absolute Gasteiger partial charge is 0.194 e. The van der Waals surface area contributed by atoms with E-state index in [0.29, 0.717) is 6.54 Å². The molecule has 6 heteroatoms. The summed E-state index contributed by atoms with van der Waals surface area (Å²) in [6, 6.07) is 14.3. The number of imidazole rings is 1. The van der Waals surface area contributed by atoms with Crippen molar-refractivity contribution in [3.05, 3.63) is 66.4 Å². The fourth-order valence-electron chi connectivity index (χ4n) is 2.74. The van der Waals surface area contributed by atoms with Gasteiger partial charge in [0.1, 0.15) is 5.82 Å². The number of nitrogens with one attached hydrogen (secondary N) is 2. The van der Waals surface area contributed by atoms with Gasteiger partial charge in [-0.2, -0.15) is 0 Å². The van der Waals surface area contributed by atoms with Crippen LogP contribution in [0.15, 0.2) is 59.9 Å². The van der Waals surface area contributed by atoms with Crippen LogP contribution in [-0.2, 0) is 20.1 Å². The first-order valence-corrected chi connectivity index (χ1v) is 8.28. The molecule has 3 rings (SSSR count). The van der Waals surface area contributed by atoms with E-state index in [4.69, 9.17) is 0 Å². The van der Waals surface area contributed by atoms with E-state index in [2.05, 4.69) is 47.9 Å². The van der Waals surface area contributed by atoms with Crippen molar-refractivity contribution in [3.63, 3.8) is 0 Å². The van der Waals surface area contributed by atoms with Gasteiger partial charge in [-0.15, -0.1) is 0 Å². The molecule has 0 saturated carbocycles. The normalized spacial score (nSPS) is 11.6. The number of nitrogens with zero attached hydrogens (tertiary/aromatic N) is 4. The topological polar surface area (TPSA) is 61.2 Å². The van der Waals surface area contributed by atoms with Crippen molar-refractivity contribution in [1.29, 1.82) is 0 Å². The molecule has 0 bridgehead atoms. The molecule has 0 spiro atoms. The molecule has 3 aromatic rings. The highest BCUT2D eigenvalue weighted by molar-refractivity contribution is 5.79. The standard InChI is InChI=1S/C19H24N6/c1-20-19(25(3)14-16-10-7-11-24(16)2)22-13-18-21-12-17(23-18)15-8-5-4-6-9-15/h4-12H,13-14H2,1-3H3,(H,20,22)(H,21,23). The van der Waals surface area contributed by atoms with Crippen LogP contribution in [0.3, 0.4) is 0 Å². The quantitative estimate of drug-likeness (QED) is 0.556. The number of guanidine groups is 1. The summed E-state index contributed by atoms with van der Waals surface area (Å²) in [5, 5.41) is 3.36. The summed E-state index contributed by atoms with van der Waals surface area (Å²) in [6.07, 6.45) is 3.91. The first-order valence-electron chi connectivity index (χ1n) is 8.28. The van der Waals surface area contributed by atoms with Gasteiger partial charge in [0.15, 0.2) is 5.96 Å². The largest absolute Gasteiger partial charge is 0.353 e. The lowest BCUT2D eigenvalue weighted by atomic mass is 10.2. The van der Waals surface area contributed by atoms with Crippen molar-refractivity contribution in [1.82, 2.24) is 24.8 Å². The van der Waals surface area contributed by atoms with Gasteiger partial charge in [-0.1, -0.05) is 30.3 Å². The van der Waals surface area contributed by atoms with Gasteiger partial charge >= 0.3 is 0 Å². The minimum Gasteiger partial charge on any atom is -0.353 e. The zero-order valence-corrected chi connectivity index (χ0v) is 14.9. The average Bonchev–Trinajstić information content (AvgIpc) is 3.26. The Bertz CT molecular complexity index is 830. The van der Waals surface area contributed by atoms with E-state index < -0.39 is 0 Å². The molecule has 0 radical (unpaired) electrons. The van der Waals surface area contributed by atoms with Crippen LogP contribution in [0.1, 0.15) is 11.5 Å². The minimum atomic E-state index is 0.594. The highest BCUT2D eigenvalue weighted by Gasteiger charge is 2.09. The van der Waals surface area contributed by atoms with Gasteiger partial charge in [-0.3, -0.25) is 4.99 Å². The summed E-state index contributed by atoms with van der Waals surface area (Å²) in [4.78, 5) is 14.3. The Morgan fingerprint density at radius 3 is 2.72 bits per heavy atom. The summed E-state index contributed by atoms with van der Waals surface area (Å²) < 4.78 is 2.11. The van der Waals surface area contributed by atoms with Crippen LogP contribution in [0.5, 0.6) is 0 Å². The van der Waals surface area contributed by atoms with E-state index in [1.165, 1.54) is 5.69 Å². The van der Waals surface area contributed by atoms with E-state index in [1.54, 1.807) is 7.05 Å². The zero-order chi connectivity index (χ0) is 17.6. The van der Waals surface area contributed by atoms with Gasteiger partial charge in [-0.25, -0.2) is 4.98 Å². The molecule has 2 N–H and O–H groups in total. The molecule has 6 nitrogen and oxygen atoms in total. The first kappa shape index (κ1) is 16.8. The molecule has 0 amide bonds. The predicted octanol–water partition coefficient (Wildman–Crippen LogP) is 2.62. The van der Waals surface area contributed by atoms with Crippen molar-refractivity contribution < 1.29 is 0 Å². The van der Waals surface area contributed by atoms with E-state index in [1.807, 2.05) is 50.8 Å². The maximum absolute atomic E-state index is 4.45. The summed E-state index contributed by atoms with van der Waals surface area (Å²) in [6.45, 7) is 1.38. The number of aliphatic imine (C=N–C) groups is 1. The third-order valence-corrected chi connectivity index (χ3v) is 4.15. The molecule has 130 valence electrons. The number of aryl methyl sites for hydroxylation is 1. The van der Waals surface area contributed by atoms with Gasteiger partial charge in [0.05, 0.1) is 25.0 Å². The van der Waals surface area contributed by atoms with Crippen molar-refractivity contribution in [2.24, 2.45) is 12.0 Å². The summed E-state index contributed by atoms with van der Waals surface area (Å²) in [5.41, 5.74) is 3.38. The molecule has 0 fully saturated rings. The number of aromatic nitrogens is 3. The van der Waals surface area contributed by atoms with Gasteiger partial charge in [0.2, 0.25) is 0 Å². The van der Waals surface area contributed by atoms with Gasteiger partial charge in [0.25, 0.3) is 0 Å². The third kappa shape index (κ3) is 4.09. The van der Waals surface area contributed by atoms with E-state index >= 15 is 0 Å². The number of hydrogen-bond acceptors (Lipinski definition) is 2. The molecule has 1 aromatic carbocycles.